The quantitative estimate of drug-likeness (QED) is 0.630. The summed E-state index contributed by atoms with van der Waals surface area (Å²) in [5.41, 5.74) is 3.52. The van der Waals surface area contributed by atoms with Gasteiger partial charge in [-0.15, -0.1) is 10.2 Å². The second-order valence-corrected chi connectivity index (χ2v) is 4.89. The maximum absolute atomic E-state index is 9.91. The van der Waals surface area contributed by atoms with Crippen molar-refractivity contribution in [3.8, 4) is 0 Å². The largest absolute Gasteiger partial charge is 0.385 e. The summed E-state index contributed by atoms with van der Waals surface area (Å²) in [6.45, 7) is 0. The molecule has 7 heteroatoms. The van der Waals surface area contributed by atoms with E-state index in [9.17, 15) is 5.11 Å². The first kappa shape index (κ1) is 13.4. The van der Waals surface area contributed by atoms with Gasteiger partial charge in [0.15, 0.2) is 0 Å². The van der Waals surface area contributed by atoms with Crippen molar-refractivity contribution in [2.24, 2.45) is 0 Å². The summed E-state index contributed by atoms with van der Waals surface area (Å²) in [7, 11) is 0. The van der Waals surface area contributed by atoms with Crippen LogP contribution in [-0.2, 0) is 12.8 Å². The zero-order valence-electron chi connectivity index (χ0n) is 11.4. The van der Waals surface area contributed by atoms with Gasteiger partial charge in [0.1, 0.15) is 6.10 Å². The Morgan fingerprint density at radius 3 is 2.81 bits per heavy atom. The zero-order valence-corrected chi connectivity index (χ0v) is 11.4. The molecule has 1 atom stereocenters. The third-order valence-electron chi connectivity index (χ3n) is 3.31. The van der Waals surface area contributed by atoms with Gasteiger partial charge in [-0.25, -0.2) is 0 Å². The lowest BCUT2D eigenvalue weighted by molar-refractivity contribution is 0.157. The van der Waals surface area contributed by atoms with Gasteiger partial charge in [0, 0.05) is 24.3 Å². The van der Waals surface area contributed by atoms with Gasteiger partial charge in [0.25, 0.3) is 0 Å². The highest BCUT2D eigenvalue weighted by Crippen LogP contribution is 2.16. The predicted octanol–water partition coefficient (Wildman–Crippen LogP) is 1.18. The number of aromatic nitrogens is 6. The van der Waals surface area contributed by atoms with E-state index >= 15 is 0 Å². The highest BCUT2D eigenvalue weighted by atomic mass is 16.3. The smallest absolute Gasteiger partial charge is 0.202 e. The van der Waals surface area contributed by atoms with Crippen molar-refractivity contribution in [2.45, 2.75) is 25.4 Å². The zero-order chi connectivity index (χ0) is 14.5. The molecule has 3 rings (SSSR count). The Morgan fingerprint density at radius 2 is 2.05 bits per heavy atom. The fourth-order valence-electron chi connectivity index (χ4n) is 2.21. The molecule has 1 unspecified atom stereocenters. The van der Waals surface area contributed by atoms with E-state index in [2.05, 4.69) is 36.7 Å². The summed E-state index contributed by atoms with van der Waals surface area (Å²) >= 11 is 0. The number of tetrazole rings is 1. The SMILES string of the molecule is OC(CCc1cc(Cc2ccncc2)c[nH]1)c1nn[nH]n1. The van der Waals surface area contributed by atoms with E-state index in [-0.39, 0.29) is 0 Å². The molecule has 0 amide bonds. The maximum Gasteiger partial charge on any atom is 0.202 e. The first-order valence-electron chi connectivity index (χ1n) is 6.78. The van der Waals surface area contributed by atoms with Crippen LogP contribution in [0.3, 0.4) is 0 Å². The maximum atomic E-state index is 9.91. The number of hydrogen-bond acceptors (Lipinski definition) is 5. The fourth-order valence-corrected chi connectivity index (χ4v) is 2.21. The molecule has 3 heterocycles. The molecule has 0 bridgehead atoms. The fraction of sp³-hybridized carbons (Fsp3) is 0.286. The molecule has 0 aliphatic rings. The summed E-state index contributed by atoms with van der Waals surface area (Å²) < 4.78 is 0. The minimum absolute atomic E-state index is 0.332. The predicted molar refractivity (Wildman–Crippen MR) is 75.3 cm³/mol. The highest BCUT2D eigenvalue weighted by molar-refractivity contribution is 5.25. The number of H-pyrrole nitrogens is 2. The molecule has 7 nitrogen and oxygen atoms in total. The second-order valence-electron chi connectivity index (χ2n) is 4.89. The van der Waals surface area contributed by atoms with Crippen LogP contribution in [-0.4, -0.2) is 35.7 Å². The number of nitrogens with zero attached hydrogens (tertiary/aromatic N) is 4. The van der Waals surface area contributed by atoms with Crippen LogP contribution in [0.15, 0.2) is 36.8 Å². The van der Waals surface area contributed by atoms with Gasteiger partial charge in [-0.2, -0.15) is 5.21 Å². The first-order valence-corrected chi connectivity index (χ1v) is 6.78. The average Bonchev–Trinajstić information content (AvgIpc) is 3.17. The van der Waals surface area contributed by atoms with E-state index in [0.717, 1.165) is 18.5 Å². The van der Waals surface area contributed by atoms with Crippen molar-refractivity contribution < 1.29 is 5.11 Å². The number of aliphatic hydroxyl groups is 1. The van der Waals surface area contributed by atoms with Crippen molar-refractivity contribution in [1.82, 2.24) is 30.6 Å². The molecule has 0 aromatic carbocycles. The van der Waals surface area contributed by atoms with Gasteiger partial charge < -0.3 is 10.1 Å². The van der Waals surface area contributed by atoms with Crippen LogP contribution >= 0.6 is 0 Å². The van der Waals surface area contributed by atoms with Crippen LogP contribution in [0.25, 0.3) is 0 Å². The van der Waals surface area contributed by atoms with E-state index in [1.165, 1.54) is 11.1 Å². The van der Waals surface area contributed by atoms with Crippen LogP contribution in [0.5, 0.6) is 0 Å². The molecule has 0 spiro atoms. The molecule has 21 heavy (non-hydrogen) atoms. The lowest BCUT2D eigenvalue weighted by atomic mass is 10.1. The molecule has 0 saturated heterocycles. The number of hydrogen-bond donors (Lipinski definition) is 3. The van der Waals surface area contributed by atoms with Crippen LogP contribution < -0.4 is 0 Å². The monoisotopic (exact) mass is 284 g/mol. The van der Waals surface area contributed by atoms with Crippen molar-refractivity contribution in [3.63, 3.8) is 0 Å². The third kappa shape index (κ3) is 3.51. The van der Waals surface area contributed by atoms with Crippen molar-refractivity contribution in [2.75, 3.05) is 0 Å². The normalized spacial score (nSPS) is 12.4. The first-order chi connectivity index (χ1) is 10.3. The number of aryl methyl sites for hydroxylation is 1. The van der Waals surface area contributed by atoms with Crippen molar-refractivity contribution in [1.29, 1.82) is 0 Å². The number of aromatic amines is 2. The highest BCUT2D eigenvalue weighted by Gasteiger charge is 2.12. The standard InChI is InChI=1S/C14H16N6O/c21-13(14-17-19-20-18-14)2-1-12-8-11(9-16-12)7-10-3-5-15-6-4-10/h3-6,8-9,13,16,21H,1-2,7H2,(H,17,18,19,20). The number of nitrogens with one attached hydrogen (secondary N) is 2. The van der Waals surface area contributed by atoms with Crippen molar-refractivity contribution >= 4 is 0 Å². The van der Waals surface area contributed by atoms with E-state index < -0.39 is 6.10 Å². The van der Waals surface area contributed by atoms with Gasteiger partial charge in [-0.05, 0) is 48.6 Å². The van der Waals surface area contributed by atoms with Gasteiger partial charge in [0.05, 0.1) is 0 Å². The number of rotatable bonds is 6. The third-order valence-corrected chi connectivity index (χ3v) is 3.31. The molecule has 0 fully saturated rings. The van der Waals surface area contributed by atoms with Gasteiger partial charge in [0.2, 0.25) is 5.82 Å². The van der Waals surface area contributed by atoms with Crippen LogP contribution in [0.2, 0.25) is 0 Å². The summed E-state index contributed by atoms with van der Waals surface area (Å²) in [5, 5.41) is 23.2. The Balaban J connectivity index is 1.55. The molecule has 3 N–H and O–H groups in total. The second kappa shape index (κ2) is 6.27. The summed E-state index contributed by atoms with van der Waals surface area (Å²) in [6, 6.07) is 6.13. The van der Waals surface area contributed by atoms with Gasteiger partial charge in [-0.1, -0.05) is 5.21 Å². The Bertz CT molecular complexity index is 664. The summed E-state index contributed by atoms with van der Waals surface area (Å²) in [6.07, 6.45) is 7.04. The molecular formula is C14H16N6O. The Morgan fingerprint density at radius 1 is 1.19 bits per heavy atom. The molecule has 0 saturated carbocycles. The summed E-state index contributed by atoms with van der Waals surface area (Å²) in [5.74, 6) is 0.332. The lowest BCUT2D eigenvalue weighted by Crippen LogP contribution is -2.02. The van der Waals surface area contributed by atoms with Gasteiger partial charge in [-0.3, -0.25) is 4.98 Å². The molecule has 0 aliphatic heterocycles. The van der Waals surface area contributed by atoms with Crippen LogP contribution in [0, 0.1) is 0 Å². The molecule has 3 aromatic rings. The Hall–Kier alpha value is -2.54. The molecule has 0 radical (unpaired) electrons. The van der Waals surface area contributed by atoms with Crippen LogP contribution in [0.4, 0.5) is 0 Å². The van der Waals surface area contributed by atoms with Crippen LogP contribution in [0.1, 0.15) is 35.2 Å². The number of aliphatic hydroxyl groups excluding tert-OH is 1. The molecule has 108 valence electrons. The molecular weight excluding hydrogens is 268 g/mol. The topological polar surface area (TPSA) is 103 Å². The minimum atomic E-state index is -0.698. The Labute approximate surface area is 121 Å². The lowest BCUT2D eigenvalue weighted by Gasteiger charge is -2.04. The number of pyridine rings is 1. The molecule has 0 aliphatic carbocycles. The van der Waals surface area contributed by atoms with E-state index in [1.807, 2.05) is 18.3 Å². The minimum Gasteiger partial charge on any atom is -0.385 e. The Kier molecular flexibility index (Phi) is 4.02. The molecule has 3 aromatic heterocycles. The van der Waals surface area contributed by atoms with E-state index in [0.29, 0.717) is 12.2 Å². The van der Waals surface area contributed by atoms with Crippen molar-refractivity contribution in [3.05, 3.63) is 59.4 Å². The van der Waals surface area contributed by atoms with E-state index in [1.54, 1.807) is 12.4 Å². The van der Waals surface area contributed by atoms with E-state index in [4.69, 9.17) is 0 Å². The average molecular weight is 284 g/mol. The summed E-state index contributed by atoms with van der Waals surface area (Å²) in [4.78, 5) is 7.25. The van der Waals surface area contributed by atoms with Gasteiger partial charge >= 0.3 is 0 Å².